The van der Waals surface area contributed by atoms with Gasteiger partial charge in [-0.3, -0.25) is 0 Å². The molecule has 0 saturated heterocycles. The summed E-state index contributed by atoms with van der Waals surface area (Å²) in [4.78, 5) is 18.5. The van der Waals surface area contributed by atoms with Crippen molar-refractivity contribution in [2.24, 2.45) is 0 Å². The molecular formula is C25H18F3N5O3. The second-order valence-corrected chi connectivity index (χ2v) is 8.28. The van der Waals surface area contributed by atoms with Crippen molar-refractivity contribution in [3.8, 4) is 11.1 Å². The third-order valence-electron chi connectivity index (χ3n) is 5.74. The molecule has 1 atom stereocenters. The first kappa shape index (κ1) is 23.2. The van der Waals surface area contributed by atoms with Gasteiger partial charge < -0.3 is 14.8 Å². The Bertz CT molecular complexity index is 1610. The van der Waals surface area contributed by atoms with Gasteiger partial charge in [0, 0.05) is 34.6 Å². The number of aromatic nitrogens is 4. The van der Waals surface area contributed by atoms with E-state index in [4.69, 9.17) is 4.42 Å². The number of aromatic carboxylic acids is 1. The molecule has 11 heteroatoms. The van der Waals surface area contributed by atoms with E-state index in [1.807, 2.05) is 26.0 Å². The third-order valence-corrected chi connectivity index (χ3v) is 5.74. The van der Waals surface area contributed by atoms with Gasteiger partial charge in [-0.1, -0.05) is 18.2 Å². The Hall–Kier alpha value is -4.54. The largest absolute Gasteiger partial charge is 0.478 e. The molecule has 2 aromatic carbocycles. The summed E-state index contributed by atoms with van der Waals surface area (Å²) in [6.45, 7) is 3.77. The highest BCUT2D eigenvalue weighted by Crippen LogP contribution is 2.38. The molecule has 0 unspecified atom stereocenters. The zero-order valence-electron chi connectivity index (χ0n) is 19.0. The van der Waals surface area contributed by atoms with E-state index in [0.717, 1.165) is 23.5 Å². The summed E-state index contributed by atoms with van der Waals surface area (Å²) < 4.78 is 44.9. The van der Waals surface area contributed by atoms with Crippen molar-refractivity contribution in [1.82, 2.24) is 20.2 Å². The fourth-order valence-electron chi connectivity index (χ4n) is 4.10. The molecule has 0 aliphatic carbocycles. The van der Waals surface area contributed by atoms with E-state index in [1.54, 1.807) is 18.2 Å². The highest BCUT2D eigenvalue weighted by atomic mass is 19.4. The first-order chi connectivity index (χ1) is 17.1. The van der Waals surface area contributed by atoms with E-state index < -0.39 is 18.0 Å². The van der Waals surface area contributed by atoms with Crippen LogP contribution in [0.5, 0.6) is 0 Å². The summed E-state index contributed by atoms with van der Waals surface area (Å²) in [5.41, 5.74) is 4.19. The van der Waals surface area contributed by atoms with Crippen LogP contribution in [0.1, 0.15) is 40.3 Å². The van der Waals surface area contributed by atoms with Crippen molar-refractivity contribution >= 4 is 33.7 Å². The van der Waals surface area contributed by atoms with Crippen LogP contribution in [0.25, 0.3) is 33.2 Å². The van der Waals surface area contributed by atoms with Crippen LogP contribution in [0.4, 0.5) is 18.9 Å². The van der Waals surface area contributed by atoms with Gasteiger partial charge in [0.05, 0.1) is 23.4 Å². The van der Waals surface area contributed by atoms with Crippen LogP contribution in [0, 0.1) is 6.92 Å². The minimum absolute atomic E-state index is 0.133. The number of rotatable bonds is 5. The number of hydrogen-bond acceptors (Lipinski definition) is 7. The fraction of sp³-hybridized carbons (Fsp3) is 0.160. The minimum atomic E-state index is -4.65. The molecule has 0 aliphatic heterocycles. The number of aryl methyl sites for hydroxylation is 1. The Labute approximate surface area is 201 Å². The predicted molar refractivity (Wildman–Crippen MR) is 126 cm³/mol. The number of fused-ring (bicyclic) bond motifs is 3. The van der Waals surface area contributed by atoms with Crippen molar-refractivity contribution in [3.63, 3.8) is 0 Å². The van der Waals surface area contributed by atoms with Crippen LogP contribution in [0.2, 0.25) is 0 Å². The quantitative estimate of drug-likeness (QED) is 0.305. The molecule has 0 amide bonds. The predicted octanol–water partition coefficient (Wildman–Crippen LogP) is 6.03. The second kappa shape index (κ2) is 8.59. The highest BCUT2D eigenvalue weighted by Gasteiger charge is 2.34. The van der Waals surface area contributed by atoms with Gasteiger partial charge in [-0.25, -0.2) is 14.8 Å². The van der Waals surface area contributed by atoms with Crippen LogP contribution >= 0.6 is 0 Å². The van der Waals surface area contributed by atoms with Crippen LogP contribution in [0.3, 0.4) is 0 Å². The summed E-state index contributed by atoms with van der Waals surface area (Å²) in [5.74, 6) is -2.30. The molecule has 3 heterocycles. The van der Waals surface area contributed by atoms with Crippen molar-refractivity contribution in [2.75, 3.05) is 5.32 Å². The first-order valence-electron chi connectivity index (χ1n) is 10.8. The number of alkyl halides is 3. The number of hydrogen-bond donors (Lipinski definition) is 2. The Balaban J connectivity index is 1.63. The zero-order chi connectivity index (χ0) is 25.6. The molecule has 0 fully saturated rings. The van der Waals surface area contributed by atoms with Crippen LogP contribution in [-0.2, 0) is 6.18 Å². The van der Waals surface area contributed by atoms with Gasteiger partial charge in [-0.2, -0.15) is 18.3 Å². The second-order valence-electron chi connectivity index (χ2n) is 8.28. The molecule has 36 heavy (non-hydrogen) atoms. The molecule has 2 N–H and O–H groups in total. The van der Waals surface area contributed by atoms with E-state index in [9.17, 15) is 23.1 Å². The number of nitrogens with zero attached hydrogens (tertiary/aromatic N) is 4. The van der Waals surface area contributed by atoms with E-state index in [-0.39, 0.29) is 11.6 Å². The molecule has 182 valence electrons. The number of benzene rings is 2. The minimum Gasteiger partial charge on any atom is -0.478 e. The molecule has 5 aromatic rings. The maximum Gasteiger partial charge on any atom is 0.451 e. The highest BCUT2D eigenvalue weighted by molar-refractivity contribution is 6.08. The Morgan fingerprint density at radius 1 is 1.08 bits per heavy atom. The lowest BCUT2D eigenvalue weighted by molar-refractivity contribution is -0.144. The van der Waals surface area contributed by atoms with Gasteiger partial charge >= 0.3 is 12.1 Å². The molecule has 8 nitrogen and oxygen atoms in total. The van der Waals surface area contributed by atoms with E-state index in [1.165, 1.54) is 12.3 Å². The lowest BCUT2D eigenvalue weighted by atomic mass is 10.0. The third kappa shape index (κ3) is 4.08. The summed E-state index contributed by atoms with van der Waals surface area (Å²) in [6.07, 6.45) is -1.14. The molecule has 0 bridgehead atoms. The number of nitrogens with one attached hydrogen (secondary N) is 1. The Kier molecular flexibility index (Phi) is 5.54. The van der Waals surface area contributed by atoms with E-state index in [0.29, 0.717) is 38.9 Å². The number of furan rings is 1. The molecule has 3 aromatic heterocycles. The average Bonchev–Trinajstić information content (AvgIpc) is 3.22. The van der Waals surface area contributed by atoms with E-state index in [2.05, 4.69) is 25.5 Å². The lowest BCUT2D eigenvalue weighted by Gasteiger charge is -2.18. The number of para-hydroxylation sites is 1. The van der Waals surface area contributed by atoms with Crippen LogP contribution < -0.4 is 5.32 Å². The van der Waals surface area contributed by atoms with E-state index >= 15 is 0 Å². The van der Waals surface area contributed by atoms with Crippen molar-refractivity contribution in [3.05, 3.63) is 77.5 Å². The molecule has 5 rings (SSSR count). The summed E-state index contributed by atoms with van der Waals surface area (Å²) in [6, 6.07) is 10.0. The van der Waals surface area contributed by atoms with Crippen molar-refractivity contribution in [1.29, 1.82) is 0 Å². The molecule has 0 spiro atoms. The molecule has 0 radical (unpaired) electrons. The summed E-state index contributed by atoms with van der Waals surface area (Å²) in [7, 11) is 0. The van der Waals surface area contributed by atoms with Gasteiger partial charge in [0.15, 0.2) is 5.58 Å². The first-order valence-corrected chi connectivity index (χ1v) is 10.8. The zero-order valence-corrected chi connectivity index (χ0v) is 19.0. The number of halogens is 3. The topological polar surface area (TPSA) is 114 Å². The lowest BCUT2D eigenvalue weighted by Crippen LogP contribution is -2.11. The fourth-order valence-corrected chi connectivity index (χ4v) is 4.10. The Morgan fingerprint density at radius 3 is 2.50 bits per heavy atom. The van der Waals surface area contributed by atoms with Gasteiger partial charge in [-0.15, -0.1) is 5.10 Å². The van der Waals surface area contributed by atoms with Crippen molar-refractivity contribution in [2.45, 2.75) is 26.1 Å². The number of carbonyl (C=O) groups is 1. The summed E-state index contributed by atoms with van der Waals surface area (Å²) in [5, 5.41) is 21.6. The monoisotopic (exact) mass is 493 g/mol. The number of carboxylic acids is 1. The maximum atomic E-state index is 12.9. The summed E-state index contributed by atoms with van der Waals surface area (Å²) >= 11 is 0. The number of carboxylic acid groups (broad SMARTS) is 1. The molecule has 0 saturated carbocycles. The molecular weight excluding hydrogens is 475 g/mol. The van der Waals surface area contributed by atoms with Gasteiger partial charge in [0.2, 0.25) is 5.82 Å². The molecule has 0 aliphatic rings. The normalized spacial score (nSPS) is 12.7. The maximum absolute atomic E-state index is 12.9. The Morgan fingerprint density at radius 2 is 1.81 bits per heavy atom. The van der Waals surface area contributed by atoms with Gasteiger partial charge in [0.25, 0.3) is 0 Å². The smallest absolute Gasteiger partial charge is 0.451 e. The van der Waals surface area contributed by atoms with Crippen molar-refractivity contribution < 1.29 is 27.5 Å². The van der Waals surface area contributed by atoms with Gasteiger partial charge in [-0.05, 0) is 37.6 Å². The van der Waals surface area contributed by atoms with Crippen LogP contribution in [-0.4, -0.2) is 31.2 Å². The number of anilines is 1. The van der Waals surface area contributed by atoms with Crippen LogP contribution in [0.15, 0.2) is 59.4 Å². The SMILES string of the molecule is Cc1cc([C@@H](C)Nc2ccccc2C(=O)O)c2oc3c(-c4cnc(C(F)(F)F)nc4)cnnc3c2c1. The van der Waals surface area contributed by atoms with Gasteiger partial charge in [0.1, 0.15) is 11.1 Å². The average molecular weight is 493 g/mol. The standard InChI is InChI=1S/C25H18F3N5O3/c1-12-7-16(13(2)32-19-6-4-3-5-15(19)23(34)35)21-17(8-12)20-22(36-21)18(11-31-33-20)14-9-29-24(30-10-14)25(26,27)28/h3-11,13,32H,1-2H3,(H,34,35)/t13-/m1/s1.